The zero-order chi connectivity index (χ0) is 15.1. The number of aliphatic imine (C=N–C) groups is 1. The van der Waals surface area contributed by atoms with Gasteiger partial charge in [-0.3, -0.25) is 0 Å². The van der Waals surface area contributed by atoms with E-state index >= 15 is 0 Å². The third-order valence-electron chi connectivity index (χ3n) is 2.68. The molecule has 0 aliphatic heterocycles. The molecule has 0 radical (unpaired) electrons. The van der Waals surface area contributed by atoms with Crippen molar-refractivity contribution < 1.29 is 0 Å². The van der Waals surface area contributed by atoms with Crippen LogP contribution in [0.25, 0.3) is 0 Å². The maximum Gasteiger partial charge on any atom is 0.191 e. The molecule has 0 bridgehead atoms. The Labute approximate surface area is 138 Å². The van der Waals surface area contributed by atoms with E-state index in [0.29, 0.717) is 6.54 Å². The highest BCUT2D eigenvalue weighted by Gasteiger charge is 2.02. The summed E-state index contributed by atoms with van der Waals surface area (Å²) in [5.74, 6) is 0.827. The Morgan fingerprint density at radius 2 is 2.19 bits per heavy atom. The first-order valence-corrected chi connectivity index (χ1v) is 8.86. The number of nitrogens with one attached hydrogen (secondary N) is 2. The third-order valence-corrected chi connectivity index (χ3v) is 4.87. The van der Waals surface area contributed by atoms with E-state index in [-0.39, 0.29) is 0 Å². The van der Waals surface area contributed by atoms with Crippen LogP contribution in [0.4, 0.5) is 0 Å². The Morgan fingerprint density at radius 1 is 1.33 bits per heavy atom. The summed E-state index contributed by atoms with van der Waals surface area (Å²) in [6, 6.07) is 4.00. The van der Waals surface area contributed by atoms with Crippen LogP contribution in [0.1, 0.15) is 21.7 Å². The summed E-state index contributed by atoms with van der Waals surface area (Å²) in [4.78, 5) is 11.4. The lowest BCUT2D eigenvalue weighted by atomic mass is 10.3. The molecule has 4 nitrogen and oxygen atoms in total. The second kappa shape index (κ2) is 8.36. The Balaban J connectivity index is 1.83. The molecule has 2 N–H and O–H groups in total. The smallest absolute Gasteiger partial charge is 0.191 e. The number of rotatable bonds is 6. The second-order valence-electron chi connectivity index (χ2n) is 4.44. The SMILES string of the molecule is CCNC(=NCc1ncc(C)s1)NCCc1ccc(Cl)s1. The number of aromatic nitrogens is 1. The Kier molecular flexibility index (Phi) is 6.48. The number of guanidine groups is 1. The van der Waals surface area contributed by atoms with E-state index in [2.05, 4.69) is 40.5 Å². The van der Waals surface area contributed by atoms with Gasteiger partial charge in [0.2, 0.25) is 0 Å². The molecule has 21 heavy (non-hydrogen) atoms. The summed E-state index contributed by atoms with van der Waals surface area (Å²) in [6.45, 7) is 6.40. The molecule has 0 aromatic carbocycles. The molecule has 0 fully saturated rings. The number of thiazole rings is 1. The number of halogens is 1. The fourth-order valence-corrected chi connectivity index (χ4v) is 3.55. The largest absolute Gasteiger partial charge is 0.357 e. The maximum absolute atomic E-state index is 5.93. The van der Waals surface area contributed by atoms with Crippen molar-refractivity contribution in [2.45, 2.75) is 26.8 Å². The van der Waals surface area contributed by atoms with Crippen LogP contribution >= 0.6 is 34.3 Å². The number of hydrogen-bond donors (Lipinski definition) is 2. The Bertz CT molecular complexity index is 591. The summed E-state index contributed by atoms with van der Waals surface area (Å²) >= 11 is 9.23. The van der Waals surface area contributed by atoms with E-state index in [4.69, 9.17) is 11.6 Å². The van der Waals surface area contributed by atoms with Crippen molar-refractivity contribution in [3.8, 4) is 0 Å². The van der Waals surface area contributed by atoms with Crippen LogP contribution in [0.2, 0.25) is 4.34 Å². The van der Waals surface area contributed by atoms with Crippen molar-refractivity contribution in [3.05, 3.63) is 37.4 Å². The first-order valence-electron chi connectivity index (χ1n) is 6.85. The number of nitrogens with zero attached hydrogens (tertiary/aromatic N) is 2. The minimum absolute atomic E-state index is 0.610. The minimum atomic E-state index is 0.610. The summed E-state index contributed by atoms with van der Waals surface area (Å²) in [6.07, 6.45) is 2.83. The van der Waals surface area contributed by atoms with Crippen LogP contribution in [0, 0.1) is 6.92 Å². The Hall–Kier alpha value is -1.11. The lowest BCUT2D eigenvalue weighted by Gasteiger charge is -2.10. The summed E-state index contributed by atoms with van der Waals surface area (Å²) in [5.41, 5.74) is 0. The van der Waals surface area contributed by atoms with Crippen molar-refractivity contribution >= 4 is 40.2 Å². The Morgan fingerprint density at radius 3 is 2.81 bits per heavy atom. The van der Waals surface area contributed by atoms with Gasteiger partial charge in [0, 0.05) is 29.0 Å². The van der Waals surface area contributed by atoms with Gasteiger partial charge in [0.05, 0.1) is 10.9 Å². The van der Waals surface area contributed by atoms with Crippen LogP contribution in [-0.4, -0.2) is 24.0 Å². The maximum atomic E-state index is 5.93. The average molecular weight is 343 g/mol. The molecule has 0 saturated carbocycles. The van der Waals surface area contributed by atoms with E-state index in [1.54, 1.807) is 22.7 Å². The molecule has 0 unspecified atom stereocenters. The second-order valence-corrected chi connectivity index (χ2v) is 7.56. The van der Waals surface area contributed by atoms with Crippen LogP contribution in [0.5, 0.6) is 0 Å². The van der Waals surface area contributed by atoms with Crippen LogP contribution in [0.3, 0.4) is 0 Å². The number of hydrogen-bond acceptors (Lipinski definition) is 4. The van der Waals surface area contributed by atoms with Crippen molar-refractivity contribution in [3.63, 3.8) is 0 Å². The van der Waals surface area contributed by atoms with Crippen molar-refractivity contribution in [1.82, 2.24) is 15.6 Å². The van der Waals surface area contributed by atoms with Crippen LogP contribution < -0.4 is 10.6 Å². The van der Waals surface area contributed by atoms with Crippen molar-refractivity contribution in [2.24, 2.45) is 4.99 Å². The predicted molar refractivity (Wildman–Crippen MR) is 92.7 cm³/mol. The molecule has 2 aromatic rings. The van der Waals surface area contributed by atoms with E-state index < -0.39 is 0 Å². The minimum Gasteiger partial charge on any atom is -0.357 e. The topological polar surface area (TPSA) is 49.3 Å². The molecule has 0 spiro atoms. The standard InChI is InChI=1S/C14H19ClN4S2/c1-3-16-14(19-9-13-18-8-10(2)20-13)17-7-6-11-4-5-12(15)21-11/h4-5,8H,3,6-7,9H2,1-2H3,(H2,16,17,19). The van der Waals surface area contributed by atoms with E-state index in [0.717, 1.165) is 34.8 Å². The molecule has 7 heteroatoms. The molecule has 0 atom stereocenters. The molecule has 2 heterocycles. The van der Waals surface area contributed by atoms with Crippen LogP contribution in [0.15, 0.2) is 23.3 Å². The van der Waals surface area contributed by atoms with Crippen LogP contribution in [-0.2, 0) is 13.0 Å². The van der Waals surface area contributed by atoms with Gasteiger partial charge in [-0.1, -0.05) is 11.6 Å². The molecule has 2 aromatic heterocycles. The highest BCUT2D eigenvalue weighted by atomic mass is 35.5. The molecule has 0 aliphatic rings. The lowest BCUT2D eigenvalue weighted by molar-refractivity contribution is 0.804. The monoisotopic (exact) mass is 342 g/mol. The van der Waals surface area contributed by atoms with Gasteiger partial charge in [-0.15, -0.1) is 22.7 Å². The fourth-order valence-electron chi connectivity index (χ4n) is 1.75. The molecular weight excluding hydrogens is 324 g/mol. The first kappa shape index (κ1) is 16.3. The number of thiophene rings is 1. The summed E-state index contributed by atoms with van der Waals surface area (Å²) < 4.78 is 0.838. The van der Waals surface area contributed by atoms with E-state index in [9.17, 15) is 0 Å². The lowest BCUT2D eigenvalue weighted by Crippen LogP contribution is -2.38. The van der Waals surface area contributed by atoms with Gasteiger partial charge < -0.3 is 10.6 Å². The van der Waals surface area contributed by atoms with Gasteiger partial charge in [-0.2, -0.15) is 0 Å². The normalized spacial score (nSPS) is 11.7. The molecule has 0 amide bonds. The van der Waals surface area contributed by atoms with Crippen molar-refractivity contribution in [2.75, 3.05) is 13.1 Å². The predicted octanol–water partition coefficient (Wildman–Crippen LogP) is 3.46. The van der Waals surface area contributed by atoms with E-state index in [1.165, 1.54) is 9.75 Å². The van der Waals surface area contributed by atoms with Gasteiger partial charge in [0.25, 0.3) is 0 Å². The molecule has 114 valence electrons. The molecule has 2 rings (SSSR count). The average Bonchev–Trinajstić information content (AvgIpc) is 3.05. The van der Waals surface area contributed by atoms with Gasteiger partial charge in [0.1, 0.15) is 5.01 Å². The fraction of sp³-hybridized carbons (Fsp3) is 0.429. The molecule has 0 saturated heterocycles. The molecule has 0 aliphatic carbocycles. The van der Waals surface area contributed by atoms with Gasteiger partial charge >= 0.3 is 0 Å². The van der Waals surface area contributed by atoms with Crippen molar-refractivity contribution in [1.29, 1.82) is 0 Å². The van der Waals surface area contributed by atoms with Gasteiger partial charge in [-0.25, -0.2) is 9.98 Å². The van der Waals surface area contributed by atoms with Gasteiger partial charge in [-0.05, 0) is 32.4 Å². The first-order chi connectivity index (χ1) is 10.2. The highest BCUT2D eigenvalue weighted by Crippen LogP contribution is 2.21. The van der Waals surface area contributed by atoms with Gasteiger partial charge in [0.15, 0.2) is 5.96 Å². The zero-order valence-corrected chi connectivity index (χ0v) is 14.5. The quantitative estimate of drug-likeness (QED) is 0.624. The number of aryl methyl sites for hydroxylation is 1. The zero-order valence-electron chi connectivity index (χ0n) is 12.1. The third kappa shape index (κ3) is 5.65. The summed E-state index contributed by atoms with van der Waals surface area (Å²) in [7, 11) is 0. The molecular formula is C14H19ClN4S2. The van der Waals surface area contributed by atoms with E-state index in [1.807, 2.05) is 12.3 Å². The summed E-state index contributed by atoms with van der Waals surface area (Å²) in [5, 5.41) is 7.62. The highest BCUT2D eigenvalue weighted by molar-refractivity contribution is 7.16.